The molecule has 1 atom stereocenters. The molecule has 3 aromatic rings. The molecular weight excluding hydrogens is 564 g/mol. The van der Waals surface area contributed by atoms with Crippen LogP contribution in [0.1, 0.15) is 92.2 Å². The Kier molecular flexibility index (Phi) is 11.0. The maximum Gasteiger partial charge on any atom is 0.420 e. The quantitative estimate of drug-likeness (QED) is 0.0600. The van der Waals surface area contributed by atoms with Crippen molar-refractivity contribution in [3.8, 4) is 51.7 Å². The van der Waals surface area contributed by atoms with E-state index < -0.39 is 11.9 Å². The fourth-order valence-corrected chi connectivity index (χ4v) is 5.39. The fraction of sp³-hybridized carbons (Fsp3) is 0.486. The molecule has 6 N–H and O–H groups in total. The summed E-state index contributed by atoms with van der Waals surface area (Å²) in [4.78, 5) is 0. The summed E-state index contributed by atoms with van der Waals surface area (Å²) >= 11 is 0. The van der Waals surface area contributed by atoms with Gasteiger partial charge in [-0.1, -0.05) is 52.4 Å². The Balaban J connectivity index is 2.27. The minimum Gasteiger partial charge on any atom is -0.507 e. The minimum absolute atomic E-state index is 0.103. The molecule has 242 valence electrons. The molecule has 0 heterocycles. The van der Waals surface area contributed by atoms with Crippen LogP contribution in [0, 0.1) is 47.5 Å². The third-order valence-corrected chi connectivity index (χ3v) is 8.29. The van der Waals surface area contributed by atoms with Gasteiger partial charge in [0.1, 0.15) is 17.2 Å². The third kappa shape index (κ3) is 7.14. The first-order valence-corrected chi connectivity index (χ1v) is 15.3. The number of phenolic OH excluding ortho intramolecular Hbond substituents is 6. The van der Waals surface area contributed by atoms with Gasteiger partial charge in [-0.3, -0.25) is 0 Å². The van der Waals surface area contributed by atoms with Gasteiger partial charge in [-0.15, -0.1) is 0 Å². The van der Waals surface area contributed by atoms with Gasteiger partial charge in [0.05, 0.1) is 5.92 Å². The largest absolute Gasteiger partial charge is 0.507 e. The fourth-order valence-electron chi connectivity index (χ4n) is 5.39. The molecule has 0 fully saturated rings. The summed E-state index contributed by atoms with van der Waals surface area (Å²) < 4.78 is 19.5. The topological polar surface area (TPSA) is 149 Å². The SMILES string of the molecule is CCCCCCCCC(C)C(Oc1c(O)cc(C)c(O)c1C)(Oc1c(O)cc(C)c(O)c1C)Oc1c(O)cc(C)c(O)c1C. The van der Waals surface area contributed by atoms with Crippen LogP contribution in [0.3, 0.4) is 0 Å². The molecule has 0 saturated heterocycles. The van der Waals surface area contributed by atoms with E-state index in [1.807, 2.05) is 6.92 Å². The molecule has 0 aliphatic carbocycles. The number of aromatic hydroxyl groups is 6. The van der Waals surface area contributed by atoms with E-state index in [1.54, 1.807) is 41.5 Å². The number of hydrogen-bond acceptors (Lipinski definition) is 9. The van der Waals surface area contributed by atoms with Crippen LogP contribution in [0.5, 0.6) is 51.7 Å². The third-order valence-electron chi connectivity index (χ3n) is 8.29. The highest BCUT2D eigenvalue weighted by Gasteiger charge is 2.48. The summed E-state index contributed by atoms with van der Waals surface area (Å²) in [5.41, 5.74) is 1.92. The van der Waals surface area contributed by atoms with Crippen molar-refractivity contribution in [1.29, 1.82) is 0 Å². The molecule has 0 saturated carbocycles. The number of unbranched alkanes of at least 4 members (excludes halogenated alkanes) is 5. The average Bonchev–Trinajstić information content (AvgIpc) is 2.97. The van der Waals surface area contributed by atoms with E-state index in [9.17, 15) is 30.6 Å². The van der Waals surface area contributed by atoms with Gasteiger partial charge in [-0.05, 0) is 82.9 Å². The molecule has 0 spiro atoms. The van der Waals surface area contributed by atoms with Gasteiger partial charge in [-0.2, -0.15) is 0 Å². The van der Waals surface area contributed by atoms with Crippen LogP contribution in [-0.4, -0.2) is 36.6 Å². The van der Waals surface area contributed by atoms with Crippen molar-refractivity contribution in [2.24, 2.45) is 5.92 Å². The van der Waals surface area contributed by atoms with Crippen molar-refractivity contribution in [3.63, 3.8) is 0 Å². The average molecular weight is 613 g/mol. The highest BCUT2D eigenvalue weighted by molar-refractivity contribution is 5.59. The van der Waals surface area contributed by atoms with Crippen LogP contribution in [-0.2, 0) is 0 Å². The van der Waals surface area contributed by atoms with Gasteiger partial charge in [0.25, 0.3) is 0 Å². The predicted molar refractivity (Wildman–Crippen MR) is 170 cm³/mol. The normalized spacial score (nSPS) is 12.3. The second kappa shape index (κ2) is 14.1. The smallest absolute Gasteiger partial charge is 0.420 e. The Morgan fingerprint density at radius 2 is 0.864 bits per heavy atom. The van der Waals surface area contributed by atoms with E-state index in [-0.39, 0.29) is 68.4 Å². The van der Waals surface area contributed by atoms with E-state index in [2.05, 4.69) is 6.92 Å². The van der Waals surface area contributed by atoms with Crippen molar-refractivity contribution < 1.29 is 44.8 Å². The monoisotopic (exact) mass is 612 g/mol. The molecule has 0 aliphatic heterocycles. The van der Waals surface area contributed by atoms with Crippen molar-refractivity contribution in [3.05, 3.63) is 51.6 Å². The minimum atomic E-state index is -2.19. The van der Waals surface area contributed by atoms with E-state index in [1.165, 1.54) is 18.2 Å². The van der Waals surface area contributed by atoms with Gasteiger partial charge in [0, 0.05) is 16.7 Å². The highest BCUT2D eigenvalue weighted by atomic mass is 16.9. The van der Waals surface area contributed by atoms with Crippen molar-refractivity contribution in [2.45, 2.75) is 106 Å². The van der Waals surface area contributed by atoms with Crippen molar-refractivity contribution in [2.75, 3.05) is 0 Å². The summed E-state index contributed by atoms with van der Waals surface area (Å²) in [6, 6.07) is 4.05. The van der Waals surface area contributed by atoms with Crippen LogP contribution in [0.15, 0.2) is 18.2 Å². The summed E-state index contributed by atoms with van der Waals surface area (Å²) in [5, 5.41) is 65.4. The van der Waals surface area contributed by atoms with Crippen LogP contribution < -0.4 is 14.2 Å². The highest BCUT2D eigenvalue weighted by Crippen LogP contribution is 2.48. The number of phenols is 6. The van der Waals surface area contributed by atoms with Gasteiger partial charge < -0.3 is 44.8 Å². The Hall–Kier alpha value is -4.14. The standard InChI is InChI=1S/C35H48O9/c1-9-10-11-12-13-14-15-22(5)35(42-32-23(6)29(39)19(2)16-26(32)36,43-33-24(7)30(40)20(3)17-27(33)37)44-34-25(8)31(41)21(4)18-28(34)38/h16-18,22,36-41H,9-15H2,1-8H3. The molecule has 44 heavy (non-hydrogen) atoms. The zero-order valence-electron chi connectivity index (χ0n) is 27.2. The maximum absolute atomic E-state index is 11.0. The molecule has 0 amide bonds. The molecule has 9 nitrogen and oxygen atoms in total. The Bertz CT molecular complexity index is 1320. The number of hydrogen-bond donors (Lipinski definition) is 6. The first-order chi connectivity index (χ1) is 20.6. The lowest BCUT2D eigenvalue weighted by Gasteiger charge is -2.39. The number of aryl methyl sites for hydroxylation is 3. The van der Waals surface area contributed by atoms with E-state index in [0.29, 0.717) is 23.1 Å². The number of rotatable bonds is 14. The molecule has 0 aromatic heterocycles. The lowest BCUT2D eigenvalue weighted by Crippen LogP contribution is -2.54. The summed E-state index contributed by atoms with van der Waals surface area (Å²) in [7, 11) is 0. The molecule has 3 aromatic carbocycles. The van der Waals surface area contributed by atoms with E-state index in [4.69, 9.17) is 14.2 Å². The van der Waals surface area contributed by atoms with Crippen molar-refractivity contribution >= 4 is 0 Å². The Morgan fingerprint density at radius 1 is 0.545 bits per heavy atom. The molecule has 0 radical (unpaired) electrons. The van der Waals surface area contributed by atoms with Crippen molar-refractivity contribution in [1.82, 2.24) is 0 Å². The van der Waals surface area contributed by atoms with Crippen LogP contribution >= 0.6 is 0 Å². The van der Waals surface area contributed by atoms with Crippen LogP contribution in [0.25, 0.3) is 0 Å². The zero-order valence-corrected chi connectivity index (χ0v) is 27.2. The first kappa shape index (κ1) is 34.4. The lowest BCUT2D eigenvalue weighted by molar-refractivity contribution is -0.285. The maximum atomic E-state index is 11.0. The molecule has 1 unspecified atom stereocenters. The summed E-state index contributed by atoms with van der Waals surface area (Å²) in [6.07, 6.45) is 6.62. The molecule has 3 rings (SSSR count). The summed E-state index contributed by atoms with van der Waals surface area (Å²) in [6.45, 7) is 13.6. The molecule has 0 aliphatic rings. The van der Waals surface area contributed by atoms with Crippen LogP contribution in [0.4, 0.5) is 0 Å². The van der Waals surface area contributed by atoms with Gasteiger partial charge >= 0.3 is 5.97 Å². The van der Waals surface area contributed by atoms with E-state index in [0.717, 1.165) is 38.5 Å². The van der Waals surface area contributed by atoms with E-state index >= 15 is 0 Å². The second-order valence-corrected chi connectivity index (χ2v) is 11.9. The summed E-state index contributed by atoms with van der Waals surface area (Å²) in [5.74, 6) is -4.41. The number of ether oxygens (including phenoxy) is 3. The Morgan fingerprint density at radius 3 is 1.20 bits per heavy atom. The van der Waals surface area contributed by atoms with Gasteiger partial charge in [0.2, 0.25) is 0 Å². The molecular formula is C35H48O9. The lowest BCUT2D eigenvalue weighted by atomic mass is 9.98. The zero-order chi connectivity index (χ0) is 32.9. The molecule has 0 bridgehead atoms. The number of benzene rings is 3. The van der Waals surface area contributed by atoms with Gasteiger partial charge in [0.15, 0.2) is 34.5 Å². The predicted octanol–water partition coefficient (Wildman–Crippen LogP) is 8.35. The van der Waals surface area contributed by atoms with Gasteiger partial charge in [-0.25, -0.2) is 0 Å². The second-order valence-electron chi connectivity index (χ2n) is 11.9. The molecule has 9 heteroatoms. The van der Waals surface area contributed by atoms with Crippen LogP contribution in [0.2, 0.25) is 0 Å². The first-order valence-electron chi connectivity index (χ1n) is 15.3. The Labute approximate surface area is 260 Å².